The van der Waals surface area contributed by atoms with Crippen LogP contribution in [0.3, 0.4) is 0 Å². The average Bonchev–Trinajstić information content (AvgIpc) is 3.08. The van der Waals surface area contributed by atoms with Crippen LogP contribution in [0.1, 0.15) is 16.7 Å². The smallest absolute Gasteiger partial charge is 0.408 e. The molecule has 0 atom stereocenters. The van der Waals surface area contributed by atoms with Crippen LogP contribution in [0, 0.1) is 24.6 Å². The number of nitroso groups, excluding NO2 is 1. The normalized spacial score (nSPS) is 10.9. The maximum Gasteiger partial charge on any atom is 0.417 e. The molecule has 0 saturated heterocycles. The summed E-state index contributed by atoms with van der Waals surface area (Å²) in [4.78, 5) is 33.2. The van der Waals surface area contributed by atoms with Gasteiger partial charge in [-0.1, -0.05) is 5.18 Å². The molecule has 0 aliphatic rings. The molecule has 0 unspecified atom stereocenters. The summed E-state index contributed by atoms with van der Waals surface area (Å²) in [6.45, 7) is 3.19. The van der Waals surface area contributed by atoms with Crippen LogP contribution >= 0.6 is 0 Å². The largest absolute Gasteiger partial charge is 0.417 e. The van der Waals surface area contributed by atoms with Crippen LogP contribution in [0.4, 0.5) is 27.5 Å². The summed E-state index contributed by atoms with van der Waals surface area (Å²) >= 11 is 0. The Morgan fingerprint density at radius 3 is 2.77 bits per heavy atom. The maximum absolute atomic E-state index is 14.1. The van der Waals surface area contributed by atoms with Crippen LogP contribution < -0.4 is 16.4 Å². The summed E-state index contributed by atoms with van der Waals surface area (Å²) in [5.41, 5.74) is 3.63. The minimum Gasteiger partial charge on any atom is -0.408 e. The second-order valence-electron chi connectivity index (χ2n) is 6.75. The fourth-order valence-electron chi connectivity index (χ4n) is 3.02. The Bertz CT molecular complexity index is 1310. The van der Waals surface area contributed by atoms with Gasteiger partial charge in [0.1, 0.15) is 18.2 Å². The van der Waals surface area contributed by atoms with Crippen molar-refractivity contribution in [1.29, 1.82) is 0 Å². The zero-order valence-electron chi connectivity index (χ0n) is 16.1. The van der Waals surface area contributed by atoms with E-state index in [1.54, 1.807) is 37.4 Å². The summed E-state index contributed by atoms with van der Waals surface area (Å²) in [7, 11) is 0. The van der Waals surface area contributed by atoms with Crippen LogP contribution in [0.25, 0.3) is 11.1 Å². The number of nitrogens with zero attached hydrogens (tertiary/aromatic N) is 3. The van der Waals surface area contributed by atoms with E-state index >= 15 is 0 Å². The van der Waals surface area contributed by atoms with E-state index in [0.29, 0.717) is 33.9 Å². The van der Waals surface area contributed by atoms with E-state index in [2.05, 4.69) is 30.8 Å². The fourth-order valence-corrected chi connectivity index (χ4v) is 3.02. The van der Waals surface area contributed by atoms with Crippen LogP contribution in [-0.4, -0.2) is 15.0 Å². The molecule has 0 amide bonds. The highest BCUT2D eigenvalue weighted by Crippen LogP contribution is 2.25. The molecular formula is C20H17FN6O3. The Labute approximate surface area is 169 Å². The Kier molecular flexibility index (Phi) is 4.97. The first-order valence-corrected chi connectivity index (χ1v) is 9.01. The van der Waals surface area contributed by atoms with Crippen LogP contribution in [0.2, 0.25) is 0 Å². The van der Waals surface area contributed by atoms with E-state index in [1.165, 1.54) is 6.07 Å². The van der Waals surface area contributed by atoms with Crippen molar-refractivity contribution in [3.05, 3.63) is 74.5 Å². The number of hydrogen-bond acceptors (Lipinski definition) is 8. The second kappa shape index (κ2) is 7.74. The van der Waals surface area contributed by atoms with Crippen molar-refractivity contribution >= 4 is 34.2 Å². The third kappa shape index (κ3) is 3.88. The molecule has 4 aromatic rings. The van der Waals surface area contributed by atoms with Gasteiger partial charge in [0.25, 0.3) is 0 Å². The topological polar surface area (TPSA) is 125 Å². The summed E-state index contributed by atoms with van der Waals surface area (Å²) in [6, 6.07) is 8.27. The lowest BCUT2D eigenvalue weighted by molar-refractivity contribution is 0.555. The molecule has 3 N–H and O–H groups in total. The first-order valence-electron chi connectivity index (χ1n) is 9.01. The Hall–Kier alpha value is -4.08. The lowest BCUT2D eigenvalue weighted by Crippen LogP contribution is -2.04. The molecule has 0 saturated carbocycles. The number of nitrogens with one attached hydrogen (secondary N) is 3. The van der Waals surface area contributed by atoms with Gasteiger partial charge in [-0.25, -0.2) is 14.2 Å². The Balaban J connectivity index is 1.61. The highest BCUT2D eigenvalue weighted by atomic mass is 19.1. The highest BCUT2D eigenvalue weighted by molar-refractivity contribution is 5.78. The van der Waals surface area contributed by atoms with Crippen LogP contribution in [0.15, 0.2) is 50.9 Å². The standard InChI is InChI=1S/C20H17FN6O3/c1-10-5-14(6-12(9-23-29)17(10)21)25-19-22-8-11(2)18(27-19)24-13-3-4-16-15(7-13)26-20(28)30-16/h3-8H,9H2,1-2H3,(H,26,28)(H2,22,24,25,27). The van der Waals surface area contributed by atoms with Gasteiger partial charge in [0, 0.05) is 28.7 Å². The number of fused-ring (bicyclic) bond motifs is 1. The number of halogens is 1. The van der Waals surface area contributed by atoms with Gasteiger partial charge >= 0.3 is 5.76 Å². The maximum atomic E-state index is 14.1. The summed E-state index contributed by atoms with van der Waals surface area (Å²) in [5.74, 6) is -0.145. The van der Waals surface area contributed by atoms with Crippen molar-refractivity contribution in [1.82, 2.24) is 15.0 Å². The van der Waals surface area contributed by atoms with E-state index in [0.717, 1.165) is 5.56 Å². The minimum atomic E-state index is -0.523. The van der Waals surface area contributed by atoms with Crippen molar-refractivity contribution < 1.29 is 8.81 Å². The van der Waals surface area contributed by atoms with Crippen LogP contribution in [-0.2, 0) is 6.54 Å². The first-order chi connectivity index (χ1) is 14.4. The summed E-state index contributed by atoms with van der Waals surface area (Å²) < 4.78 is 19.1. The number of anilines is 4. The molecule has 0 radical (unpaired) electrons. The lowest BCUT2D eigenvalue weighted by atomic mass is 10.1. The molecule has 2 aromatic heterocycles. The second-order valence-corrected chi connectivity index (χ2v) is 6.75. The predicted octanol–water partition coefficient (Wildman–Crippen LogP) is 4.42. The van der Waals surface area contributed by atoms with Crippen molar-refractivity contribution in [2.24, 2.45) is 5.18 Å². The van der Waals surface area contributed by atoms with Gasteiger partial charge in [-0.3, -0.25) is 4.98 Å². The van der Waals surface area contributed by atoms with Crippen molar-refractivity contribution in [3.8, 4) is 0 Å². The molecule has 0 aliphatic carbocycles. The number of aryl methyl sites for hydroxylation is 2. The number of rotatable bonds is 6. The third-order valence-corrected chi connectivity index (χ3v) is 4.47. The van der Waals surface area contributed by atoms with E-state index in [9.17, 15) is 14.1 Å². The molecule has 2 heterocycles. The van der Waals surface area contributed by atoms with Crippen LogP contribution in [0.5, 0.6) is 0 Å². The van der Waals surface area contributed by atoms with Gasteiger partial charge in [-0.05, 0) is 49.7 Å². The number of benzene rings is 2. The SMILES string of the molecule is Cc1cnc(Nc2cc(C)c(F)c(CN=O)c2)nc1Nc1ccc2oc(=O)[nH]c2c1. The summed E-state index contributed by atoms with van der Waals surface area (Å²) in [6.07, 6.45) is 1.64. The number of aromatic nitrogens is 3. The lowest BCUT2D eigenvalue weighted by Gasteiger charge is -2.12. The molecule has 152 valence electrons. The quantitative estimate of drug-likeness (QED) is 0.403. The van der Waals surface area contributed by atoms with Gasteiger partial charge in [-0.15, -0.1) is 0 Å². The van der Waals surface area contributed by atoms with Gasteiger partial charge in [0.2, 0.25) is 5.95 Å². The van der Waals surface area contributed by atoms with E-state index in [4.69, 9.17) is 4.42 Å². The molecule has 30 heavy (non-hydrogen) atoms. The van der Waals surface area contributed by atoms with Crippen molar-refractivity contribution in [2.45, 2.75) is 20.4 Å². The number of aromatic amines is 1. The Morgan fingerprint density at radius 2 is 1.97 bits per heavy atom. The van der Waals surface area contributed by atoms with Gasteiger partial charge in [-0.2, -0.15) is 9.89 Å². The number of oxazole rings is 1. The van der Waals surface area contributed by atoms with Crippen molar-refractivity contribution in [3.63, 3.8) is 0 Å². The zero-order chi connectivity index (χ0) is 21.3. The molecular weight excluding hydrogens is 391 g/mol. The monoisotopic (exact) mass is 408 g/mol. The molecule has 0 aliphatic heterocycles. The highest BCUT2D eigenvalue weighted by Gasteiger charge is 2.11. The summed E-state index contributed by atoms with van der Waals surface area (Å²) in [5, 5.41) is 8.97. The minimum absolute atomic E-state index is 0.195. The van der Waals surface area contributed by atoms with Gasteiger partial charge < -0.3 is 15.1 Å². The van der Waals surface area contributed by atoms with E-state index in [-0.39, 0.29) is 18.1 Å². The number of H-pyrrole nitrogens is 1. The molecule has 2 aromatic carbocycles. The van der Waals surface area contributed by atoms with E-state index in [1.807, 2.05) is 6.92 Å². The fraction of sp³-hybridized carbons (Fsp3) is 0.150. The third-order valence-electron chi connectivity index (χ3n) is 4.47. The molecule has 0 spiro atoms. The van der Waals surface area contributed by atoms with Gasteiger partial charge in [0.15, 0.2) is 5.58 Å². The van der Waals surface area contributed by atoms with E-state index < -0.39 is 11.6 Å². The average molecular weight is 408 g/mol. The molecule has 0 fully saturated rings. The molecule has 0 bridgehead atoms. The zero-order valence-corrected chi connectivity index (χ0v) is 16.1. The Morgan fingerprint density at radius 1 is 1.13 bits per heavy atom. The molecule has 4 rings (SSSR count). The van der Waals surface area contributed by atoms with Crippen molar-refractivity contribution in [2.75, 3.05) is 10.6 Å². The molecule has 9 nitrogen and oxygen atoms in total. The first kappa shape index (κ1) is 19.2. The van der Waals surface area contributed by atoms with Gasteiger partial charge in [0.05, 0.1) is 5.52 Å². The predicted molar refractivity (Wildman–Crippen MR) is 111 cm³/mol. The molecule has 10 heteroatoms. The number of hydrogen-bond donors (Lipinski definition) is 3.